The van der Waals surface area contributed by atoms with Crippen LogP contribution < -0.4 is 0 Å². The zero-order valence-corrected chi connectivity index (χ0v) is 7.54. The molecule has 3 nitrogen and oxygen atoms in total. The fourth-order valence-electron chi connectivity index (χ4n) is 1.30. The number of carbonyl (C=O) groups excluding carboxylic acids is 2. The lowest BCUT2D eigenvalue weighted by Gasteiger charge is -2.10. The smallest absolute Gasteiger partial charge is 0.261 e. The molecule has 0 aromatic rings. The number of nitrogens with zero attached hydrogens (tertiary/aromatic N) is 1. The van der Waals surface area contributed by atoms with Crippen molar-refractivity contribution in [3.05, 3.63) is 36.5 Å². The summed E-state index contributed by atoms with van der Waals surface area (Å²) in [7, 11) is 0. The third-order valence-corrected chi connectivity index (χ3v) is 1.97. The molecule has 0 bridgehead atoms. The largest absolute Gasteiger partial charge is 0.275 e. The Morgan fingerprint density at radius 1 is 1.15 bits per heavy atom. The molecule has 0 aromatic carbocycles. The van der Waals surface area contributed by atoms with Crippen LogP contribution in [0.4, 0.5) is 0 Å². The van der Waals surface area contributed by atoms with E-state index in [1.54, 1.807) is 6.92 Å². The van der Waals surface area contributed by atoms with Crippen LogP contribution in [0.5, 0.6) is 0 Å². The second kappa shape index (κ2) is 3.39. The van der Waals surface area contributed by atoms with Crippen molar-refractivity contribution in [2.24, 2.45) is 0 Å². The second-order valence-electron chi connectivity index (χ2n) is 2.59. The Kier molecular flexibility index (Phi) is 2.46. The molecule has 0 aliphatic carbocycles. The van der Waals surface area contributed by atoms with Gasteiger partial charge in [0, 0.05) is 6.54 Å². The first-order valence-corrected chi connectivity index (χ1v) is 4.02. The maximum absolute atomic E-state index is 11.5. The number of imide groups is 1. The molecule has 0 saturated carbocycles. The summed E-state index contributed by atoms with van der Waals surface area (Å²) >= 11 is 0. The van der Waals surface area contributed by atoms with E-state index in [-0.39, 0.29) is 11.8 Å². The minimum Gasteiger partial charge on any atom is -0.275 e. The number of carbonyl (C=O) groups is 2. The summed E-state index contributed by atoms with van der Waals surface area (Å²) in [5.74, 6) is -0.560. The number of likely N-dealkylation sites (N-methyl/N-ethyl adjacent to an activating group) is 1. The van der Waals surface area contributed by atoms with Gasteiger partial charge in [-0.2, -0.15) is 0 Å². The van der Waals surface area contributed by atoms with E-state index in [9.17, 15) is 9.59 Å². The normalized spacial score (nSPS) is 16.8. The van der Waals surface area contributed by atoms with Crippen molar-refractivity contribution in [3.63, 3.8) is 0 Å². The third kappa shape index (κ3) is 1.22. The zero-order chi connectivity index (χ0) is 10.0. The van der Waals surface area contributed by atoms with Crippen LogP contribution in [0, 0.1) is 0 Å². The fraction of sp³-hybridized carbons (Fsp3) is 0.200. The Labute approximate surface area is 77.0 Å². The highest BCUT2D eigenvalue weighted by Gasteiger charge is 2.33. The maximum atomic E-state index is 11.5. The molecule has 1 aliphatic heterocycles. The number of hydrogen-bond donors (Lipinski definition) is 0. The van der Waals surface area contributed by atoms with E-state index < -0.39 is 0 Å². The van der Waals surface area contributed by atoms with Gasteiger partial charge in [-0.1, -0.05) is 25.3 Å². The van der Waals surface area contributed by atoms with Crippen molar-refractivity contribution in [1.82, 2.24) is 4.90 Å². The van der Waals surface area contributed by atoms with Crippen molar-refractivity contribution in [2.45, 2.75) is 6.92 Å². The SMILES string of the molecule is C=CC1=C(C=C)C(=O)N(CC)C1=O. The van der Waals surface area contributed by atoms with Gasteiger partial charge in [-0.15, -0.1) is 0 Å². The monoisotopic (exact) mass is 177 g/mol. The van der Waals surface area contributed by atoms with Gasteiger partial charge in [0.2, 0.25) is 0 Å². The predicted molar refractivity (Wildman–Crippen MR) is 49.8 cm³/mol. The summed E-state index contributed by atoms with van der Waals surface area (Å²) < 4.78 is 0. The first-order valence-electron chi connectivity index (χ1n) is 4.02. The lowest BCUT2D eigenvalue weighted by molar-refractivity contribution is -0.137. The molecular weight excluding hydrogens is 166 g/mol. The Morgan fingerprint density at radius 3 is 1.77 bits per heavy atom. The molecule has 0 radical (unpaired) electrons. The number of amides is 2. The molecule has 0 unspecified atom stereocenters. The summed E-state index contributed by atoms with van der Waals surface area (Å²) in [6.45, 7) is 9.11. The quantitative estimate of drug-likeness (QED) is 0.604. The average Bonchev–Trinajstić information content (AvgIpc) is 2.36. The molecule has 13 heavy (non-hydrogen) atoms. The minimum absolute atomic E-state index is 0.280. The van der Waals surface area contributed by atoms with Crippen LogP contribution in [0.1, 0.15) is 6.92 Å². The molecule has 1 rings (SSSR count). The van der Waals surface area contributed by atoms with E-state index >= 15 is 0 Å². The summed E-state index contributed by atoms with van der Waals surface area (Å²) in [4.78, 5) is 24.1. The first-order chi connectivity index (χ1) is 6.17. The number of rotatable bonds is 3. The van der Waals surface area contributed by atoms with Gasteiger partial charge in [0.15, 0.2) is 0 Å². The molecule has 1 aliphatic rings. The van der Waals surface area contributed by atoms with Crippen molar-refractivity contribution < 1.29 is 9.59 Å². The van der Waals surface area contributed by atoms with E-state index in [0.717, 1.165) is 0 Å². The van der Waals surface area contributed by atoms with E-state index in [2.05, 4.69) is 13.2 Å². The van der Waals surface area contributed by atoms with Crippen LogP contribution in [-0.4, -0.2) is 23.3 Å². The van der Waals surface area contributed by atoms with E-state index in [4.69, 9.17) is 0 Å². The highest BCUT2D eigenvalue weighted by atomic mass is 16.2. The van der Waals surface area contributed by atoms with Crippen LogP contribution >= 0.6 is 0 Å². The van der Waals surface area contributed by atoms with Gasteiger partial charge < -0.3 is 0 Å². The summed E-state index contributed by atoms with van der Waals surface area (Å²) in [6, 6.07) is 0. The van der Waals surface area contributed by atoms with Crippen LogP contribution in [0.15, 0.2) is 36.5 Å². The van der Waals surface area contributed by atoms with Gasteiger partial charge in [-0.25, -0.2) is 0 Å². The molecule has 1 heterocycles. The van der Waals surface area contributed by atoms with Crippen LogP contribution in [0.25, 0.3) is 0 Å². The van der Waals surface area contributed by atoms with Gasteiger partial charge in [-0.05, 0) is 6.92 Å². The zero-order valence-electron chi connectivity index (χ0n) is 7.54. The lowest BCUT2D eigenvalue weighted by Crippen LogP contribution is -2.31. The predicted octanol–water partition coefficient (Wildman–Crippen LogP) is 1.04. The summed E-state index contributed by atoms with van der Waals surface area (Å²) in [6.07, 6.45) is 2.79. The van der Waals surface area contributed by atoms with Crippen molar-refractivity contribution in [3.8, 4) is 0 Å². The molecule has 0 spiro atoms. The Bertz CT molecular complexity index is 296. The third-order valence-electron chi connectivity index (χ3n) is 1.97. The van der Waals surface area contributed by atoms with E-state index in [0.29, 0.717) is 17.7 Å². The van der Waals surface area contributed by atoms with Gasteiger partial charge in [0.25, 0.3) is 11.8 Å². The molecule has 0 saturated heterocycles. The molecule has 0 fully saturated rings. The lowest BCUT2D eigenvalue weighted by atomic mass is 10.1. The van der Waals surface area contributed by atoms with Gasteiger partial charge in [-0.3, -0.25) is 14.5 Å². The van der Waals surface area contributed by atoms with Crippen molar-refractivity contribution in [1.29, 1.82) is 0 Å². The van der Waals surface area contributed by atoms with Gasteiger partial charge in [0.1, 0.15) is 0 Å². The molecule has 0 N–H and O–H groups in total. The Morgan fingerprint density at radius 2 is 1.54 bits per heavy atom. The number of hydrogen-bond acceptors (Lipinski definition) is 2. The highest BCUT2D eigenvalue weighted by Crippen LogP contribution is 2.21. The standard InChI is InChI=1S/C10H11NO2/c1-4-7-8(5-2)10(13)11(6-3)9(7)12/h4-5H,1-2,6H2,3H3. The van der Waals surface area contributed by atoms with E-state index in [1.165, 1.54) is 17.1 Å². The molecule has 0 aromatic heterocycles. The van der Waals surface area contributed by atoms with Crippen LogP contribution in [0.3, 0.4) is 0 Å². The minimum atomic E-state index is -0.280. The average molecular weight is 177 g/mol. The van der Waals surface area contributed by atoms with Gasteiger partial charge in [0.05, 0.1) is 11.1 Å². The molecule has 3 heteroatoms. The molecular formula is C10H11NO2. The molecule has 0 atom stereocenters. The van der Waals surface area contributed by atoms with Gasteiger partial charge >= 0.3 is 0 Å². The maximum Gasteiger partial charge on any atom is 0.261 e. The summed E-state index contributed by atoms with van der Waals surface area (Å²) in [5, 5.41) is 0. The Hall–Kier alpha value is -1.64. The highest BCUT2D eigenvalue weighted by molar-refractivity contribution is 6.21. The molecule has 2 amide bonds. The Balaban J connectivity index is 3.20. The summed E-state index contributed by atoms with van der Waals surface area (Å²) in [5.41, 5.74) is 0.698. The van der Waals surface area contributed by atoms with Crippen LogP contribution in [0.2, 0.25) is 0 Å². The first kappa shape index (κ1) is 9.45. The molecule has 68 valence electrons. The second-order valence-corrected chi connectivity index (χ2v) is 2.59. The van der Waals surface area contributed by atoms with Crippen molar-refractivity contribution >= 4 is 11.8 Å². The van der Waals surface area contributed by atoms with E-state index in [1.807, 2.05) is 0 Å². The van der Waals surface area contributed by atoms with Crippen LogP contribution in [-0.2, 0) is 9.59 Å². The topological polar surface area (TPSA) is 37.4 Å². The fourth-order valence-corrected chi connectivity index (χ4v) is 1.30. The van der Waals surface area contributed by atoms with Crippen molar-refractivity contribution in [2.75, 3.05) is 6.54 Å².